The van der Waals surface area contributed by atoms with E-state index in [1.165, 1.54) is 0 Å². The molecule has 0 atom stereocenters. The van der Waals surface area contributed by atoms with E-state index in [0.29, 0.717) is 12.3 Å². The van der Waals surface area contributed by atoms with Gasteiger partial charge in [-0.3, -0.25) is 4.79 Å². The SMILES string of the molecule is CC(C)(C)OC(=O)NC(C)(C)C(=O)CC1CC1. The van der Waals surface area contributed by atoms with Gasteiger partial charge in [0.2, 0.25) is 0 Å². The second kappa shape index (κ2) is 4.67. The Morgan fingerprint density at radius 1 is 1.18 bits per heavy atom. The van der Waals surface area contributed by atoms with Gasteiger partial charge in [0.15, 0.2) is 5.78 Å². The zero-order valence-electron chi connectivity index (χ0n) is 11.4. The van der Waals surface area contributed by atoms with Crippen LogP contribution >= 0.6 is 0 Å². The monoisotopic (exact) mass is 241 g/mol. The van der Waals surface area contributed by atoms with E-state index >= 15 is 0 Å². The predicted molar refractivity (Wildman–Crippen MR) is 65.8 cm³/mol. The highest BCUT2D eigenvalue weighted by Gasteiger charge is 2.35. The lowest BCUT2D eigenvalue weighted by molar-refractivity contribution is -0.124. The lowest BCUT2D eigenvalue weighted by Crippen LogP contribution is -2.51. The third kappa shape index (κ3) is 5.20. The fraction of sp³-hybridized carbons (Fsp3) is 0.846. The molecule has 98 valence electrons. The largest absolute Gasteiger partial charge is 0.444 e. The molecule has 0 bridgehead atoms. The van der Waals surface area contributed by atoms with Crippen LogP contribution in [0.4, 0.5) is 4.79 Å². The number of Topliss-reactive ketones (excluding diaryl/α,β-unsaturated/α-hetero) is 1. The van der Waals surface area contributed by atoms with Gasteiger partial charge in [-0.25, -0.2) is 4.79 Å². The van der Waals surface area contributed by atoms with E-state index < -0.39 is 17.2 Å². The normalized spacial score (nSPS) is 16.5. The summed E-state index contributed by atoms with van der Waals surface area (Å²) in [5.41, 5.74) is -1.38. The highest BCUT2D eigenvalue weighted by molar-refractivity contribution is 5.91. The van der Waals surface area contributed by atoms with Crippen LogP contribution < -0.4 is 5.32 Å². The van der Waals surface area contributed by atoms with Gasteiger partial charge in [-0.05, 0) is 53.4 Å². The zero-order valence-corrected chi connectivity index (χ0v) is 11.4. The Morgan fingerprint density at radius 2 is 1.71 bits per heavy atom. The van der Waals surface area contributed by atoms with Gasteiger partial charge in [0, 0.05) is 6.42 Å². The van der Waals surface area contributed by atoms with E-state index in [9.17, 15) is 9.59 Å². The van der Waals surface area contributed by atoms with E-state index in [1.807, 2.05) is 0 Å². The molecule has 1 saturated carbocycles. The topological polar surface area (TPSA) is 55.4 Å². The van der Waals surface area contributed by atoms with Crippen molar-refractivity contribution >= 4 is 11.9 Å². The average Bonchev–Trinajstić information content (AvgIpc) is 2.82. The molecule has 4 heteroatoms. The summed E-state index contributed by atoms with van der Waals surface area (Å²) in [6.45, 7) is 8.84. The van der Waals surface area contributed by atoms with Crippen LogP contribution in [0.5, 0.6) is 0 Å². The molecule has 0 radical (unpaired) electrons. The van der Waals surface area contributed by atoms with Gasteiger partial charge >= 0.3 is 6.09 Å². The third-order valence-corrected chi connectivity index (χ3v) is 2.68. The molecule has 0 saturated heterocycles. The second-order valence-electron chi connectivity index (χ2n) is 6.32. The van der Waals surface area contributed by atoms with Crippen molar-refractivity contribution in [2.24, 2.45) is 5.92 Å². The Morgan fingerprint density at radius 3 is 2.12 bits per heavy atom. The lowest BCUT2D eigenvalue weighted by Gasteiger charge is -2.27. The van der Waals surface area contributed by atoms with Crippen molar-refractivity contribution in [3.05, 3.63) is 0 Å². The number of amides is 1. The van der Waals surface area contributed by atoms with Gasteiger partial charge in [-0.15, -0.1) is 0 Å². The van der Waals surface area contributed by atoms with Crippen LogP contribution in [0.3, 0.4) is 0 Å². The third-order valence-electron chi connectivity index (χ3n) is 2.68. The molecule has 1 N–H and O–H groups in total. The number of carbonyl (C=O) groups excluding carboxylic acids is 2. The van der Waals surface area contributed by atoms with Crippen molar-refractivity contribution in [1.29, 1.82) is 0 Å². The maximum absolute atomic E-state index is 11.9. The molecule has 1 aliphatic carbocycles. The van der Waals surface area contributed by atoms with Crippen LogP contribution in [0, 0.1) is 5.92 Å². The Hall–Kier alpha value is -1.06. The van der Waals surface area contributed by atoms with Crippen molar-refractivity contribution in [2.45, 2.75) is 65.0 Å². The van der Waals surface area contributed by atoms with Crippen LogP contribution in [-0.2, 0) is 9.53 Å². The summed E-state index contributed by atoms with van der Waals surface area (Å²) in [5, 5.41) is 2.64. The molecule has 0 unspecified atom stereocenters. The van der Waals surface area contributed by atoms with Crippen LogP contribution in [0.2, 0.25) is 0 Å². The minimum absolute atomic E-state index is 0.0749. The van der Waals surface area contributed by atoms with Crippen molar-refractivity contribution < 1.29 is 14.3 Å². The molecule has 0 aromatic rings. The molecule has 0 aliphatic heterocycles. The summed E-state index contributed by atoms with van der Waals surface area (Å²) in [6.07, 6.45) is 2.29. The number of ketones is 1. The van der Waals surface area contributed by atoms with E-state index in [4.69, 9.17) is 4.74 Å². The number of hydrogen-bond acceptors (Lipinski definition) is 3. The average molecular weight is 241 g/mol. The van der Waals surface area contributed by atoms with Gasteiger partial charge in [0.1, 0.15) is 5.60 Å². The predicted octanol–water partition coefficient (Wildman–Crippen LogP) is 2.66. The molecule has 4 nitrogen and oxygen atoms in total. The van der Waals surface area contributed by atoms with Crippen LogP contribution in [-0.4, -0.2) is 23.0 Å². The molecule has 17 heavy (non-hydrogen) atoms. The summed E-state index contributed by atoms with van der Waals surface area (Å²) in [6, 6.07) is 0. The Kier molecular flexibility index (Phi) is 3.84. The van der Waals surface area contributed by atoms with E-state index in [-0.39, 0.29) is 5.78 Å². The number of ether oxygens (including phenoxy) is 1. The zero-order chi connectivity index (χ0) is 13.3. The summed E-state index contributed by atoms with van der Waals surface area (Å²) >= 11 is 0. The van der Waals surface area contributed by atoms with Crippen molar-refractivity contribution in [2.75, 3.05) is 0 Å². The van der Waals surface area contributed by atoms with Gasteiger partial charge in [0.25, 0.3) is 0 Å². The van der Waals surface area contributed by atoms with Crippen molar-refractivity contribution in [3.63, 3.8) is 0 Å². The maximum atomic E-state index is 11.9. The summed E-state index contributed by atoms with van der Waals surface area (Å²) in [4.78, 5) is 23.5. The van der Waals surface area contributed by atoms with Gasteiger partial charge < -0.3 is 10.1 Å². The summed E-state index contributed by atoms with van der Waals surface area (Å²) in [5.74, 6) is 0.605. The molecular weight excluding hydrogens is 218 g/mol. The molecule has 0 aromatic carbocycles. The van der Waals surface area contributed by atoms with E-state index in [0.717, 1.165) is 12.8 Å². The Balaban J connectivity index is 2.46. The summed E-state index contributed by atoms with van der Waals surface area (Å²) in [7, 11) is 0. The second-order valence-corrected chi connectivity index (χ2v) is 6.32. The van der Waals surface area contributed by atoms with Crippen molar-refractivity contribution in [1.82, 2.24) is 5.32 Å². The Labute approximate surface area is 103 Å². The van der Waals surface area contributed by atoms with Crippen molar-refractivity contribution in [3.8, 4) is 0 Å². The first kappa shape index (κ1) is 14.0. The first-order chi connectivity index (χ1) is 7.60. The number of hydrogen-bond donors (Lipinski definition) is 1. The van der Waals surface area contributed by atoms with Gasteiger partial charge in [-0.2, -0.15) is 0 Å². The van der Waals surface area contributed by atoms with E-state index in [1.54, 1.807) is 34.6 Å². The fourth-order valence-electron chi connectivity index (χ4n) is 1.47. The smallest absolute Gasteiger partial charge is 0.408 e. The van der Waals surface area contributed by atoms with Crippen LogP contribution in [0.15, 0.2) is 0 Å². The van der Waals surface area contributed by atoms with Crippen LogP contribution in [0.25, 0.3) is 0 Å². The summed E-state index contributed by atoms with van der Waals surface area (Å²) < 4.78 is 5.14. The molecule has 0 heterocycles. The first-order valence-electron chi connectivity index (χ1n) is 6.14. The standard InChI is InChI=1S/C13H23NO3/c1-12(2,3)17-11(16)14-13(4,5)10(15)8-9-6-7-9/h9H,6-8H2,1-5H3,(H,14,16). The molecule has 0 aromatic heterocycles. The minimum atomic E-state index is -0.842. The van der Waals surface area contributed by atoms with Gasteiger partial charge in [0.05, 0.1) is 5.54 Å². The fourth-order valence-corrected chi connectivity index (χ4v) is 1.47. The molecule has 0 spiro atoms. The molecular formula is C13H23NO3. The highest BCUT2D eigenvalue weighted by Crippen LogP contribution is 2.33. The van der Waals surface area contributed by atoms with Crippen LogP contribution in [0.1, 0.15) is 53.9 Å². The number of rotatable bonds is 4. The molecule has 1 fully saturated rings. The lowest BCUT2D eigenvalue weighted by atomic mass is 9.95. The minimum Gasteiger partial charge on any atom is -0.444 e. The first-order valence-corrected chi connectivity index (χ1v) is 6.14. The maximum Gasteiger partial charge on any atom is 0.408 e. The molecule has 1 amide bonds. The molecule has 1 rings (SSSR count). The molecule has 1 aliphatic rings. The van der Waals surface area contributed by atoms with E-state index in [2.05, 4.69) is 5.32 Å². The number of nitrogens with one attached hydrogen (secondary N) is 1. The Bertz CT molecular complexity index is 311. The quantitative estimate of drug-likeness (QED) is 0.823. The number of carbonyl (C=O) groups is 2. The highest BCUT2D eigenvalue weighted by atomic mass is 16.6. The van der Waals surface area contributed by atoms with Gasteiger partial charge in [-0.1, -0.05) is 0 Å². The number of alkyl carbamates (subject to hydrolysis) is 1.